The minimum atomic E-state index is -0.563. The Labute approximate surface area is 91.0 Å². The van der Waals surface area contributed by atoms with E-state index in [2.05, 4.69) is 10.2 Å². The zero-order valence-corrected chi connectivity index (χ0v) is 9.41. The quantitative estimate of drug-likeness (QED) is 0.514. The van der Waals surface area contributed by atoms with Crippen molar-refractivity contribution >= 4 is 0 Å². The number of aliphatic hydroxyl groups excluding tert-OH is 2. The predicted molar refractivity (Wildman–Crippen MR) is 57.8 cm³/mol. The first kappa shape index (κ1) is 12.9. The minimum absolute atomic E-state index is 0.0490. The highest BCUT2D eigenvalue weighted by atomic mass is 16.5. The summed E-state index contributed by atoms with van der Waals surface area (Å²) >= 11 is 0. The Hall–Kier alpha value is -0.200. The van der Waals surface area contributed by atoms with Gasteiger partial charge in [0.2, 0.25) is 0 Å². The van der Waals surface area contributed by atoms with Gasteiger partial charge in [0.05, 0.1) is 32.0 Å². The van der Waals surface area contributed by atoms with Crippen LogP contribution in [0, 0.1) is 0 Å². The molecule has 0 saturated carbocycles. The molecule has 0 aliphatic carbocycles. The van der Waals surface area contributed by atoms with Gasteiger partial charge in [-0.1, -0.05) is 0 Å². The van der Waals surface area contributed by atoms with Crippen LogP contribution < -0.4 is 5.32 Å². The van der Waals surface area contributed by atoms with E-state index in [-0.39, 0.29) is 13.2 Å². The van der Waals surface area contributed by atoms with E-state index < -0.39 is 5.54 Å². The third-order valence-corrected chi connectivity index (χ3v) is 2.78. The molecule has 0 aromatic rings. The van der Waals surface area contributed by atoms with Crippen molar-refractivity contribution in [1.29, 1.82) is 0 Å². The average Bonchev–Trinajstić information content (AvgIpc) is 2.30. The van der Waals surface area contributed by atoms with Gasteiger partial charge in [-0.25, -0.2) is 0 Å². The fourth-order valence-electron chi connectivity index (χ4n) is 1.50. The molecule has 1 rings (SSSR count). The molecule has 0 atom stereocenters. The summed E-state index contributed by atoms with van der Waals surface area (Å²) in [7, 11) is 0. The molecular weight excluding hydrogens is 196 g/mol. The number of nitrogens with one attached hydrogen (secondary N) is 1. The molecule has 15 heavy (non-hydrogen) atoms. The molecule has 0 radical (unpaired) electrons. The van der Waals surface area contributed by atoms with Crippen molar-refractivity contribution < 1.29 is 14.9 Å². The lowest BCUT2D eigenvalue weighted by molar-refractivity contribution is 0.0351. The Balaban J connectivity index is 2.14. The summed E-state index contributed by atoms with van der Waals surface area (Å²) in [5.41, 5.74) is -0.563. The second-order valence-corrected chi connectivity index (χ2v) is 4.26. The van der Waals surface area contributed by atoms with E-state index in [0.29, 0.717) is 0 Å². The predicted octanol–water partition coefficient (Wildman–Crippen LogP) is -1.35. The molecule has 5 nitrogen and oxygen atoms in total. The Morgan fingerprint density at radius 1 is 1.27 bits per heavy atom. The maximum Gasteiger partial charge on any atom is 0.0633 e. The summed E-state index contributed by atoms with van der Waals surface area (Å²) < 4.78 is 5.25. The number of aliphatic hydroxyl groups is 2. The van der Waals surface area contributed by atoms with Crippen molar-refractivity contribution in [1.82, 2.24) is 10.2 Å². The lowest BCUT2D eigenvalue weighted by atomic mass is 10.1. The van der Waals surface area contributed by atoms with Crippen LogP contribution in [0.25, 0.3) is 0 Å². The summed E-state index contributed by atoms with van der Waals surface area (Å²) in [4.78, 5) is 2.31. The molecule has 0 bridgehead atoms. The van der Waals surface area contributed by atoms with Crippen molar-refractivity contribution in [2.24, 2.45) is 0 Å². The Kier molecular flexibility index (Phi) is 5.49. The fourth-order valence-corrected chi connectivity index (χ4v) is 1.50. The van der Waals surface area contributed by atoms with E-state index in [1.54, 1.807) is 0 Å². The lowest BCUT2D eigenvalue weighted by Crippen LogP contribution is -2.52. The smallest absolute Gasteiger partial charge is 0.0633 e. The van der Waals surface area contributed by atoms with Crippen LogP contribution >= 0.6 is 0 Å². The topological polar surface area (TPSA) is 65.0 Å². The second-order valence-electron chi connectivity index (χ2n) is 4.26. The third-order valence-electron chi connectivity index (χ3n) is 2.78. The van der Waals surface area contributed by atoms with Gasteiger partial charge in [-0.3, -0.25) is 4.90 Å². The molecule has 1 aliphatic heterocycles. The average molecular weight is 218 g/mol. The molecular formula is C10H22N2O3. The van der Waals surface area contributed by atoms with Gasteiger partial charge in [-0.15, -0.1) is 0 Å². The highest BCUT2D eigenvalue weighted by Gasteiger charge is 2.21. The number of nitrogens with zero attached hydrogens (tertiary/aromatic N) is 1. The molecule has 5 heteroatoms. The summed E-state index contributed by atoms with van der Waals surface area (Å²) in [6.07, 6.45) is 0. The highest BCUT2D eigenvalue weighted by molar-refractivity contribution is 4.81. The van der Waals surface area contributed by atoms with E-state index >= 15 is 0 Å². The molecule has 0 amide bonds. The van der Waals surface area contributed by atoms with Gasteiger partial charge in [0.15, 0.2) is 0 Å². The van der Waals surface area contributed by atoms with E-state index in [0.717, 1.165) is 39.4 Å². The van der Waals surface area contributed by atoms with Crippen LogP contribution in [0.3, 0.4) is 0 Å². The van der Waals surface area contributed by atoms with Gasteiger partial charge in [-0.2, -0.15) is 0 Å². The van der Waals surface area contributed by atoms with Crippen LogP contribution in [0.2, 0.25) is 0 Å². The van der Waals surface area contributed by atoms with Crippen LogP contribution in [0.1, 0.15) is 6.92 Å². The zero-order chi connectivity index (χ0) is 11.1. The van der Waals surface area contributed by atoms with Crippen LogP contribution in [0.4, 0.5) is 0 Å². The fraction of sp³-hybridized carbons (Fsp3) is 1.00. The van der Waals surface area contributed by atoms with Gasteiger partial charge in [0, 0.05) is 26.2 Å². The Bertz CT molecular complexity index is 168. The molecule has 0 aromatic heterocycles. The van der Waals surface area contributed by atoms with Crippen LogP contribution in [-0.2, 0) is 4.74 Å². The molecule has 0 unspecified atom stereocenters. The minimum Gasteiger partial charge on any atom is -0.394 e. The molecule has 3 N–H and O–H groups in total. The van der Waals surface area contributed by atoms with Crippen LogP contribution in [0.15, 0.2) is 0 Å². The Morgan fingerprint density at radius 2 is 1.87 bits per heavy atom. The standard InChI is InChI=1S/C10H22N2O3/c1-10(8-13,9-14)11-2-3-12-4-6-15-7-5-12/h11,13-14H,2-9H2,1H3. The molecule has 1 heterocycles. The summed E-state index contributed by atoms with van der Waals surface area (Å²) in [6.45, 7) is 6.96. The largest absolute Gasteiger partial charge is 0.394 e. The first-order valence-electron chi connectivity index (χ1n) is 5.47. The second kappa shape index (κ2) is 6.40. The van der Waals surface area contributed by atoms with Crippen LogP contribution in [0.5, 0.6) is 0 Å². The number of hydrogen-bond acceptors (Lipinski definition) is 5. The SMILES string of the molecule is CC(CO)(CO)NCCN1CCOCC1. The monoisotopic (exact) mass is 218 g/mol. The van der Waals surface area contributed by atoms with Crippen molar-refractivity contribution in [3.05, 3.63) is 0 Å². The number of morpholine rings is 1. The van der Waals surface area contributed by atoms with Crippen LogP contribution in [-0.4, -0.2) is 73.3 Å². The third kappa shape index (κ3) is 4.44. The van der Waals surface area contributed by atoms with E-state index in [4.69, 9.17) is 14.9 Å². The molecule has 90 valence electrons. The van der Waals surface area contributed by atoms with Gasteiger partial charge < -0.3 is 20.3 Å². The lowest BCUT2D eigenvalue weighted by Gasteiger charge is -2.30. The maximum absolute atomic E-state index is 9.07. The van der Waals surface area contributed by atoms with E-state index in [9.17, 15) is 0 Å². The van der Waals surface area contributed by atoms with Crippen molar-refractivity contribution in [3.63, 3.8) is 0 Å². The first-order chi connectivity index (χ1) is 7.20. The van der Waals surface area contributed by atoms with Gasteiger partial charge in [-0.05, 0) is 6.92 Å². The van der Waals surface area contributed by atoms with Crippen molar-refractivity contribution in [2.75, 3.05) is 52.6 Å². The maximum atomic E-state index is 9.07. The number of hydrogen-bond donors (Lipinski definition) is 3. The van der Waals surface area contributed by atoms with E-state index in [1.807, 2.05) is 6.92 Å². The van der Waals surface area contributed by atoms with Gasteiger partial charge in [0.25, 0.3) is 0 Å². The Morgan fingerprint density at radius 3 is 2.40 bits per heavy atom. The van der Waals surface area contributed by atoms with Crippen molar-refractivity contribution in [3.8, 4) is 0 Å². The molecule has 0 spiro atoms. The highest BCUT2D eigenvalue weighted by Crippen LogP contribution is 2.01. The first-order valence-corrected chi connectivity index (χ1v) is 5.47. The molecule has 0 aromatic carbocycles. The summed E-state index contributed by atoms with van der Waals surface area (Å²) in [5.74, 6) is 0. The molecule has 1 aliphatic rings. The normalized spacial score (nSPS) is 19.4. The number of ether oxygens (including phenoxy) is 1. The van der Waals surface area contributed by atoms with Crippen molar-refractivity contribution in [2.45, 2.75) is 12.5 Å². The van der Waals surface area contributed by atoms with Gasteiger partial charge in [0.1, 0.15) is 0 Å². The molecule has 1 saturated heterocycles. The molecule has 1 fully saturated rings. The summed E-state index contributed by atoms with van der Waals surface area (Å²) in [6, 6.07) is 0. The van der Waals surface area contributed by atoms with Gasteiger partial charge >= 0.3 is 0 Å². The number of rotatable bonds is 6. The summed E-state index contributed by atoms with van der Waals surface area (Å²) in [5, 5.41) is 21.3. The van der Waals surface area contributed by atoms with E-state index in [1.165, 1.54) is 0 Å². The zero-order valence-electron chi connectivity index (χ0n) is 9.41.